The van der Waals surface area contributed by atoms with E-state index < -0.39 is 0 Å². The lowest BCUT2D eigenvalue weighted by Crippen LogP contribution is -2.10. The second kappa shape index (κ2) is 7.08. The third-order valence-corrected chi connectivity index (χ3v) is 3.95. The van der Waals surface area contributed by atoms with E-state index in [0.717, 1.165) is 12.2 Å². The predicted octanol–water partition coefficient (Wildman–Crippen LogP) is 3.15. The molecule has 0 fully saturated rings. The van der Waals surface area contributed by atoms with Gasteiger partial charge in [-0.25, -0.2) is 9.37 Å². The first-order valence-electron chi connectivity index (χ1n) is 8.43. The van der Waals surface area contributed by atoms with Crippen LogP contribution in [0, 0.1) is 5.82 Å². The average Bonchev–Trinajstić information content (AvgIpc) is 3.06. The summed E-state index contributed by atoms with van der Waals surface area (Å²) in [4.78, 5) is 10.9. The summed E-state index contributed by atoms with van der Waals surface area (Å²) in [6, 6.07) is 14.2. The van der Waals surface area contributed by atoms with E-state index in [2.05, 4.69) is 42.6 Å². The highest BCUT2D eigenvalue weighted by Crippen LogP contribution is 2.19. The summed E-state index contributed by atoms with van der Waals surface area (Å²) in [7, 11) is 4.07. The van der Waals surface area contributed by atoms with E-state index in [1.165, 1.54) is 22.4 Å². The van der Waals surface area contributed by atoms with E-state index >= 15 is 0 Å². The van der Waals surface area contributed by atoms with Gasteiger partial charge in [0.05, 0.1) is 11.9 Å². The second-order valence-corrected chi connectivity index (χ2v) is 6.44. The van der Waals surface area contributed by atoms with Gasteiger partial charge in [-0.1, -0.05) is 23.4 Å². The SMILES string of the molecule is CN(C)Cc1ccc(Nc2ncc3nnn(-c4cccc(F)c4)c3n2)cc1. The Morgan fingerprint density at radius 2 is 1.93 bits per heavy atom. The standard InChI is InChI=1S/C19H18FN7/c1-26(2)12-13-6-8-15(9-7-13)22-19-21-11-17-18(23-19)27(25-24-17)16-5-3-4-14(20)10-16/h3-11H,12H2,1-2H3,(H,21,22,23). The molecule has 0 aliphatic carbocycles. The molecule has 4 aromatic rings. The number of halogens is 1. The van der Waals surface area contributed by atoms with Crippen molar-refractivity contribution in [3.63, 3.8) is 0 Å². The summed E-state index contributed by atoms with van der Waals surface area (Å²) in [6.07, 6.45) is 1.59. The minimum atomic E-state index is -0.346. The Hall–Kier alpha value is -3.39. The molecule has 0 amide bonds. The first kappa shape index (κ1) is 17.0. The minimum absolute atomic E-state index is 0.346. The summed E-state index contributed by atoms with van der Waals surface area (Å²) < 4.78 is 15.0. The molecule has 27 heavy (non-hydrogen) atoms. The fourth-order valence-electron chi connectivity index (χ4n) is 2.76. The number of anilines is 2. The molecule has 0 spiro atoms. The molecule has 2 aromatic carbocycles. The largest absolute Gasteiger partial charge is 0.324 e. The molecule has 0 atom stereocenters. The first-order chi connectivity index (χ1) is 13.1. The summed E-state index contributed by atoms with van der Waals surface area (Å²) in [5, 5.41) is 11.3. The van der Waals surface area contributed by atoms with Gasteiger partial charge in [0, 0.05) is 12.2 Å². The molecule has 4 rings (SSSR count). The number of benzene rings is 2. The van der Waals surface area contributed by atoms with Crippen molar-refractivity contribution in [2.24, 2.45) is 0 Å². The Bertz CT molecular complexity index is 1070. The number of fused-ring (bicyclic) bond motifs is 1. The molecule has 0 aliphatic rings. The quantitative estimate of drug-likeness (QED) is 0.587. The van der Waals surface area contributed by atoms with Crippen LogP contribution in [0.3, 0.4) is 0 Å². The summed E-state index contributed by atoms with van der Waals surface area (Å²) in [5.41, 5.74) is 3.68. The maximum atomic E-state index is 13.5. The van der Waals surface area contributed by atoms with Crippen molar-refractivity contribution in [2.45, 2.75) is 6.54 Å². The normalized spacial score (nSPS) is 11.3. The third kappa shape index (κ3) is 3.75. The number of aromatic nitrogens is 5. The Balaban J connectivity index is 1.62. The van der Waals surface area contributed by atoms with Gasteiger partial charge in [0.1, 0.15) is 5.82 Å². The molecule has 7 nitrogen and oxygen atoms in total. The summed E-state index contributed by atoms with van der Waals surface area (Å²) in [5.74, 6) is 0.0733. The van der Waals surface area contributed by atoms with E-state index in [4.69, 9.17) is 0 Å². The van der Waals surface area contributed by atoms with Gasteiger partial charge in [-0.05, 0) is 50.0 Å². The molecule has 136 valence electrons. The predicted molar refractivity (Wildman–Crippen MR) is 102 cm³/mol. The Morgan fingerprint density at radius 3 is 2.67 bits per heavy atom. The minimum Gasteiger partial charge on any atom is -0.324 e. The second-order valence-electron chi connectivity index (χ2n) is 6.44. The lowest BCUT2D eigenvalue weighted by molar-refractivity contribution is 0.402. The molecule has 0 aliphatic heterocycles. The van der Waals surface area contributed by atoms with Crippen LogP contribution in [0.5, 0.6) is 0 Å². The van der Waals surface area contributed by atoms with E-state index in [1.807, 2.05) is 26.2 Å². The fourth-order valence-corrected chi connectivity index (χ4v) is 2.76. The van der Waals surface area contributed by atoms with Crippen LogP contribution in [0.2, 0.25) is 0 Å². The van der Waals surface area contributed by atoms with Crippen LogP contribution in [-0.4, -0.2) is 44.0 Å². The van der Waals surface area contributed by atoms with Gasteiger partial charge >= 0.3 is 0 Å². The van der Waals surface area contributed by atoms with Crippen molar-refractivity contribution >= 4 is 22.8 Å². The van der Waals surface area contributed by atoms with Crippen LogP contribution < -0.4 is 5.32 Å². The lowest BCUT2D eigenvalue weighted by atomic mass is 10.2. The van der Waals surface area contributed by atoms with Gasteiger partial charge in [-0.15, -0.1) is 5.10 Å². The van der Waals surface area contributed by atoms with E-state index in [-0.39, 0.29) is 5.82 Å². The van der Waals surface area contributed by atoms with Gasteiger partial charge in [0.15, 0.2) is 11.2 Å². The molecule has 0 radical (unpaired) electrons. The topological polar surface area (TPSA) is 71.8 Å². The lowest BCUT2D eigenvalue weighted by Gasteiger charge is -2.10. The Kier molecular flexibility index (Phi) is 4.47. The molecule has 2 heterocycles. The average molecular weight is 363 g/mol. The van der Waals surface area contributed by atoms with Gasteiger partial charge < -0.3 is 10.2 Å². The molecule has 0 bridgehead atoms. The molecule has 8 heteroatoms. The molecule has 0 unspecified atom stereocenters. The van der Waals surface area contributed by atoms with Crippen molar-refractivity contribution in [3.8, 4) is 5.69 Å². The maximum absolute atomic E-state index is 13.5. The van der Waals surface area contributed by atoms with Crippen LogP contribution in [0.25, 0.3) is 16.9 Å². The Labute approximate surface area is 155 Å². The fraction of sp³-hybridized carbons (Fsp3) is 0.158. The van der Waals surface area contributed by atoms with E-state index in [9.17, 15) is 4.39 Å². The van der Waals surface area contributed by atoms with Crippen LogP contribution in [0.4, 0.5) is 16.0 Å². The zero-order valence-corrected chi connectivity index (χ0v) is 15.0. The smallest absolute Gasteiger partial charge is 0.229 e. The van der Waals surface area contributed by atoms with Crippen molar-refractivity contribution < 1.29 is 4.39 Å². The number of nitrogens with one attached hydrogen (secondary N) is 1. The summed E-state index contributed by atoms with van der Waals surface area (Å²) in [6.45, 7) is 0.876. The van der Waals surface area contributed by atoms with Gasteiger partial charge in [0.2, 0.25) is 5.95 Å². The highest BCUT2D eigenvalue weighted by Gasteiger charge is 2.11. The van der Waals surface area contributed by atoms with Crippen LogP contribution in [0.1, 0.15) is 5.56 Å². The monoisotopic (exact) mass is 363 g/mol. The summed E-state index contributed by atoms with van der Waals surface area (Å²) >= 11 is 0. The number of hydrogen-bond donors (Lipinski definition) is 1. The van der Waals surface area contributed by atoms with Crippen molar-refractivity contribution in [3.05, 3.63) is 66.1 Å². The van der Waals surface area contributed by atoms with Gasteiger partial charge in [0.25, 0.3) is 0 Å². The van der Waals surface area contributed by atoms with Crippen molar-refractivity contribution in [1.29, 1.82) is 0 Å². The van der Waals surface area contributed by atoms with Crippen molar-refractivity contribution in [1.82, 2.24) is 29.9 Å². The molecule has 2 aromatic heterocycles. The van der Waals surface area contributed by atoms with Crippen molar-refractivity contribution in [2.75, 3.05) is 19.4 Å². The molecule has 0 saturated carbocycles. The highest BCUT2D eigenvalue weighted by molar-refractivity contribution is 5.72. The van der Waals surface area contributed by atoms with Crippen LogP contribution in [0.15, 0.2) is 54.7 Å². The highest BCUT2D eigenvalue weighted by atomic mass is 19.1. The first-order valence-corrected chi connectivity index (χ1v) is 8.43. The third-order valence-electron chi connectivity index (χ3n) is 3.95. The number of hydrogen-bond acceptors (Lipinski definition) is 6. The Morgan fingerprint density at radius 1 is 1.11 bits per heavy atom. The zero-order valence-electron chi connectivity index (χ0n) is 15.0. The van der Waals surface area contributed by atoms with E-state index in [0.29, 0.717) is 22.8 Å². The zero-order chi connectivity index (χ0) is 18.8. The maximum Gasteiger partial charge on any atom is 0.229 e. The van der Waals surface area contributed by atoms with E-state index in [1.54, 1.807) is 18.3 Å². The van der Waals surface area contributed by atoms with Gasteiger partial charge in [-0.2, -0.15) is 9.67 Å². The van der Waals surface area contributed by atoms with Gasteiger partial charge in [-0.3, -0.25) is 0 Å². The molecule has 1 N–H and O–H groups in total. The van der Waals surface area contributed by atoms with Crippen LogP contribution in [-0.2, 0) is 6.54 Å². The number of nitrogens with zero attached hydrogens (tertiary/aromatic N) is 6. The number of rotatable bonds is 5. The molecule has 0 saturated heterocycles. The van der Waals surface area contributed by atoms with Crippen LogP contribution >= 0.6 is 0 Å². The molecular formula is C19H18FN7. The molecular weight excluding hydrogens is 345 g/mol.